The van der Waals surface area contributed by atoms with Crippen molar-refractivity contribution in [1.82, 2.24) is 10.2 Å². The third-order valence-corrected chi connectivity index (χ3v) is 5.10. The van der Waals surface area contributed by atoms with E-state index in [9.17, 15) is 24.5 Å². The van der Waals surface area contributed by atoms with Crippen LogP contribution in [0.25, 0.3) is 0 Å². The number of benzene rings is 1. The first-order valence-corrected chi connectivity index (χ1v) is 8.97. The highest BCUT2D eigenvalue weighted by Crippen LogP contribution is 2.33. The van der Waals surface area contributed by atoms with E-state index in [1.807, 2.05) is 0 Å². The van der Waals surface area contributed by atoms with Gasteiger partial charge in [-0.05, 0) is 18.9 Å². The molecule has 0 unspecified atom stereocenters. The van der Waals surface area contributed by atoms with Crippen LogP contribution in [0.1, 0.15) is 37.7 Å². The number of ether oxygens (including phenoxy) is 2. The average molecular weight is 391 g/mol. The van der Waals surface area contributed by atoms with E-state index in [4.69, 9.17) is 9.47 Å². The number of carbonyl (C=O) groups is 3. The lowest BCUT2D eigenvalue weighted by molar-refractivity contribution is -0.385. The van der Waals surface area contributed by atoms with E-state index >= 15 is 0 Å². The number of urea groups is 1. The summed E-state index contributed by atoms with van der Waals surface area (Å²) in [5.41, 5.74) is -0.759. The fourth-order valence-corrected chi connectivity index (χ4v) is 3.64. The molecule has 28 heavy (non-hydrogen) atoms. The minimum Gasteiger partial charge on any atom is -0.496 e. The number of rotatable bonds is 6. The molecule has 1 saturated carbocycles. The van der Waals surface area contributed by atoms with Crippen LogP contribution in [-0.2, 0) is 20.9 Å². The van der Waals surface area contributed by atoms with Gasteiger partial charge in [0.05, 0.1) is 12.0 Å². The molecular formula is C18H21N3O7. The van der Waals surface area contributed by atoms with Crippen LogP contribution < -0.4 is 10.1 Å². The summed E-state index contributed by atoms with van der Waals surface area (Å²) < 4.78 is 10.2. The Bertz CT molecular complexity index is 817. The van der Waals surface area contributed by atoms with E-state index < -0.39 is 34.9 Å². The summed E-state index contributed by atoms with van der Waals surface area (Å²) in [5, 5.41) is 13.6. The maximum absolute atomic E-state index is 12.7. The number of nitrogens with zero attached hydrogens (tertiary/aromatic N) is 2. The number of nitrogens with one attached hydrogen (secondary N) is 1. The van der Waals surface area contributed by atoms with Crippen LogP contribution >= 0.6 is 0 Å². The maximum atomic E-state index is 12.7. The van der Waals surface area contributed by atoms with Crippen LogP contribution in [0.4, 0.5) is 10.5 Å². The van der Waals surface area contributed by atoms with Crippen molar-refractivity contribution in [3.63, 3.8) is 0 Å². The number of hydrogen-bond acceptors (Lipinski definition) is 7. The van der Waals surface area contributed by atoms with Crippen molar-refractivity contribution in [2.75, 3.05) is 13.7 Å². The molecule has 0 aromatic heterocycles. The molecular weight excluding hydrogens is 370 g/mol. The molecule has 2 aliphatic rings. The maximum Gasteiger partial charge on any atom is 0.326 e. The van der Waals surface area contributed by atoms with Crippen LogP contribution in [-0.4, -0.2) is 46.9 Å². The minimum atomic E-state index is -0.904. The van der Waals surface area contributed by atoms with Gasteiger partial charge in [0, 0.05) is 17.7 Å². The van der Waals surface area contributed by atoms with Gasteiger partial charge in [-0.1, -0.05) is 19.3 Å². The standard InChI is InChI=1S/C18H21N3O7/c1-27-14-6-5-13(21(25)26)9-12(14)11-28-15(22)10-20-16(23)18(19-17(20)24)7-3-2-4-8-18/h5-6,9H,2-4,7-8,10-11H2,1H3,(H,19,24). The number of imide groups is 1. The number of methoxy groups -OCH3 is 1. The van der Waals surface area contributed by atoms with E-state index in [1.165, 1.54) is 25.3 Å². The lowest BCUT2D eigenvalue weighted by Crippen LogP contribution is -2.48. The SMILES string of the molecule is COc1ccc([N+](=O)[O-])cc1COC(=O)CN1C(=O)NC2(CCCCC2)C1=O. The quantitative estimate of drug-likeness (QED) is 0.339. The zero-order valence-electron chi connectivity index (χ0n) is 15.4. The van der Waals surface area contributed by atoms with E-state index in [0.717, 1.165) is 24.2 Å². The summed E-state index contributed by atoms with van der Waals surface area (Å²) in [6, 6.07) is 3.33. The monoisotopic (exact) mass is 391 g/mol. The molecule has 10 nitrogen and oxygen atoms in total. The first kappa shape index (κ1) is 19.6. The highest BCUT2D eigenvalue weighted by molar-refractivity contribution is 6.08. The first-order chi connectivity index (χ1) is 13.4. The van der Waals surface area contributed by atoms with Gasteiger partial charge in [0.15, 0.2) is 0 Å². The average Bonchev–Trinajstić information content (AvgIpc) is 2.90. The molecule has 1 saturated heterocycles. The van der Waals surface area contributed by atoms with E-state index in [0.29, 0.717) is 24.2 Å². The molecule has 10 heteroatoms. The van der Waals surface area contributed by atoms with Crippen LogP contribution in [0.15, 0.2) is 18.2 Å². The van der Waals surface area contributed by atoms with Gasteiger partial charge >= 0.3 is 12.0 Å². The van der Waals surface area contributed by atoms with Crippen molar-refractivity contribution in [2.24, 2.45) is 0 Å². The Morgan fingerprint density at radius 3 is 2.64 bits per heavy atom. The van der Waals surface area contributed by atoms with Gasteiger partial charge < -0.3 is 14.8 Å². The van der Waals surface area contributed by atoms with Gasteiger partial charge in [-0.25, -0.2) is 4.79 Å². The summed E-state index contributed by atoms with van der Waals surface area (Å²) in [4.78, 5) is 48.2. The smallest absolute Gasteiger partial charge is 0.326 e. The third kappa shape index (κ3) is 3.75. The number of hydrogen-bond donors (Lipinski definition) is 1. The Labute approximate surface area is 160 Å². The summed E-state index contributed by atoms with van der Waals surface area (Å²) in [6.07, 6.45) is 3.83. The number of non-ortho nitro benzene ring substituents is 1. The first-order valence-electron chi connectivity index (χ1n) is 8.97. The molecule has 0 atom stereocenters. The molecule has 0 bridgehead atoms. The highest BCUT2D eigenvalue weighted by atomic mass is 16.6. The molecule has 2 fully saturated rings. The summed E-state index contributed by atoms with van der Waals surface area (Å²) in [7, 11) is 1.39. The predicted octanol–water partition coefficient (Wildman–Crippen LogP) is 1.90. The number of nitro groups is 1. The normalized spacial score (nSPS) is 18.1. The number of esters is 1. The number of amides is 3. The van der Waals surface area contributed by atoms with Gasteiger partial charge in [-0.2, -0.15) is 0 Å². The Morgan fingerprint density at radius 2 is 2.00 bits per heavy atom. The van der Waals surface area contributed by atoms with Crippen molar-refractivity contribution in [3.05, 3.63) is 33.9 Å². The largest absolute Gasteiger partial charge is 0.496 e. The molecule has 0 radical (unpaired) electrons. The summed E-state index contributed by atoms with van der Waals surface area (Å²) in [5.74, 6) is -0.860. The molecule has 1 aliphatic heterocycles. The Kier molecular flexibility index (Phi) is 5.48. The van der Waals surface area contributed by atoms with E-state index in [1.54, 1.807) is 0 Å². The Balaban J connectivity index is 1.63. The fraction of sp³-hybridized carbons (Fsp3) is 0.500. The van der Waals surface area contributed by atoms with Crippen molar-refractivity contribution in [1.29, 1.82) is 0 Å². The van der Waals surface area contributed by atoms with Crippen LogP contribution in [0.3, 0.4) is 0 Å². The molecule has 1 aromatic rings. The van der Waals surface area contributed by atoms with Crippen molar-refractivity contribution >= 4 is 23.6 Å². The zero-order valence-corrected chi connectivity index (χ0v) is 15.4. The van der Waals surface area contributed by atoms with Gasteiger partial charge in [-0.15, -0.1) is 0 Å². The number of carbonyl (C=O) groups excluding carboxylic acids is 3. The van der Waals surface area contributed by atoms with Gasteiger partial charge in [0.1, 0.15) is 24.4 Å². The second-order valence-electron chi connectivity index (χ2n) is 6.88. The highest BCUT2D eigenvalue weighted by Gasteiger charge is 2.51. The molecule has 1 N–H and O–H groups in total. The topological polar surface area (TPSA) is 128 Å². The van der Waals surface area contributed by atoms with E-state index in [-0.39, 0.29) is 12.3 Å². The van der Waals surface area contributed by atoms with Gasteiger partial charge in [0.2, 0.25) is 0 Å². The number of nitro benzene ring substituents is 1. The van der Waals surface area contributed by atoms with Crippen molar-refractivity contribution in [3.8, 4) is 5.75 Å². The van der Waals surface area contributed by atoms with E-state index in [2.05, 4.69) is 5.32 Å². The second kappa shape index (κ2) is 7.83. The van der Waals surface area contributed by atoms with Gasteiger partial charge in [-0.3, -0.25) is 24.6 Å². The molecule has 1 aliphatic carbocycles. The third-order valence-electron chi connectivity index (χ3n) is 5.10. The Hall–Kier alpha value is -3.17. The van der Waals surface area contributed by atoms with Crippen molar-refractivity contribution in [2.45, 2.75) is 44.2 Å². The zero-order chi connectivity index (χ0) is 20.3. The molecule has 3 amide bonds. The van der Waals surface area contributed by atoms with Crippen LogP contribution in [0.2, 0.25) is 0 Å². The summed E-state index contributed by atoms with van der Waals surface area (Å²) in [6.45, 7) is -0.790. The fourth-order valence-electron chi connectivity index (χ4n) is 3.64. The molecule has 1 heterocycles. The molecule has 3 rings (SSSR count). The molecule has 1 spiro atoms. The van der Waals surface area contributed by atoms with Crippen LogP contribution in [0.5, 0.6) is 5.75 Å². The molecule has 150 valence electrons. The lowest BCUT2D eigenvalue weighted by Gasteiger charge is -2.30. The Morgan fingerprint density at radius 1 is 1.29 bits per heavy atom. The molecule has 1 aromatic carbocycles. The summed E-state index contributed by atoms with van der Waals surface area (Å²) >= 11 is 0. The van der Waals surface area contributed by atoms with Crippen LogP contribution in [0, 0.1) is 10.1 Å². The second-order valence-corrected chi connectivity index (χ2v) is 6.88. The minimum absolute atomic E-state index is 0.166. The van der Waals surface area contributed by atoms with Gasteiger partial charge in [0.25, 0.3) is 11.6 Å². The van der Waals surface area contributed by atoms with Crippen molar-refractivity contribution < 1.29 is 28.8 Å². The predicted molar refractivity (Wildman–Crippen MR) is 95.5 cm³/mol. The lowest BCUT2D eigenvalue weighted by atomic mass is 9.82.